The first-order valence-corrected chi connectivity index (χ1v) is 8.54. The Hall–Kier alpha value is -3.38. The van der Waals surface area contributed by atoms with E-state index in [0.717, 1.165) is 9.36 Å². The van der Waals surface area contributed by atoms with Gasteiger partial charge in [0, 0.05) is 31.9 Å². The van der Waals surface area contributed by atoms with Crippen molar-refractivity contribution >= 4 is 17.8 Å². The maximum Gasteiger partial charge on any atom is 0.435 e. The van der Waals surface area contributed by atoms with Crippen LogP contribution < -0.4 is 10.6 Å². The third-order valence-corrected chi connectivity index (χ3v) is 3.95. The van der Waals surface area contributed by atoms with Crippen LogP contribution in [0.4, 0.5) is 13.2 Å². The number of carboxylic acids is 1. The number of carbonyl (C=O) groups is 3. The summed E-state index contributed by atoms with van der Waals surface area (Å²) in [6.45, 7) is 2.99. The van der Waals surface area contributed by atoms with Crippen LogP contribution in [-0.2, 0) is 17.5 Å². The predicted molar refractivity (Wildman–Crippen MR) is 92.1 cm³/mol. The van der Waals surface area contributed by atoms with Crippen molar-refractivity contribution < 1.29 is 32.7 Å². The molecule has 0 aromatic carbocycles. The SMILES string of the molecule is CCn1nc(C(F)(F)F)cc1C(=O)NCCNC(=O)C(C)n1nccc1C(=O)O. The molecule has 29 heavy (non-hydrogen) atoms. The number of rotatable bonds is 8. The maximum atomic E-state index is 12.7. The number of alkyl halides is 3. The molecule has 2 rings (SSSR count). The normalized spacial score (nSPS) is 12.4. The van der Waals surface area contributed by atoms with E-state index in [0.29, 0.717) is 6.07 Å². The number of hydrogen-bond acceptors (Lipinski definition) is 5. The van der Waals surface area contributed by atoms with Crippen molar-refractivity contribution in [1.82, 2.24) is 30.2 Å². The summed E-state index contributed by atoms with van der Waals surface area (Å²) in [7, 11) is 0. The topological polar surface area (TPSA) is 131 Å². The van der Waals surface area contributed by atoms with Crippen molar-refractivity contribution in [3.05, 3.63) is 35.4 Å². The third kappa shape index (κ3) is 5.12. The molecule has 13 heteroatoms. The van der Waals surface area contributed by atoms with Gasteiger partial charge in [0.1, 0.15) is 17.4 Å². The Kier molecular flexibility index (Phi) is 6.61. The summed E-state index contributed by atoms with van der Waals surface area (Å²) < 4.78 is 40.2. The number of nitrogens with zero attached hydrogens (tertiary/aromatic N) is 4. The summed E-state index contributed by atoms with van der Waals surface area (Å²) in [5.41, 5.74) is -1.57. The summed E-state index contributed by atoms with van der Waals surface area (Å²) in [5, 5.41) is 21.1. The molecule has 2 aromatic rings. The molecule has 0 bridgehead atoms. The van der Waals surface area contributed by atoms with Crippen molar-refractivity contribution in [1.29, 1.82) is 0 Å². The lowest BCUT2D eigenvalue weighted by Gasteiger charge is -2.14. The minimum Gasteiger partial charge on any atom is -0.477 e. The lowest BCUT2D eigenvalue weighted by Crippen LogP contribution is -2.38. The first kappa shape index (κ1) is 21.9. The van der Waals surface area contributed by atoms with Crippen LogP contribution in [0, 0.1) is 0 Å². The van der Waals surface area contributed by atoms with Crippen molar-refractivity contribution in [3.8, 4) is 0 Å². The van der Waals surface area contributed by atoms with Crippen LogP contribution in [0.5, 0.6) is 0 Å². The van der Waals surface area contributed by atoms with E-state index in [4.69, 9.17) is 5.11 Å². The first-order chi connectivity index (χ1) is 13.6. The lowest BCUT2D eigenvalue weighted by atomic mass is 10.3. The van der Waals surface area contributed by atoms with E-state index in [1.807, 2.05) is 0 Å². The lowest BCUT2D eigenvalue weighted by molar-refractivity contribution is -0.141. The van der Waals surface area contributed by atoms with Gasteiger partial charge in [-0.05, 0) is 19.9 Å². The Labute approximate surface area is 162 Å². The van der Waals surface area contributed by atoms with Gasteiger partial charge in [-0.3, -0.25) is 14.3 Å². The molecule has 1 atom stereocenters. The van der Waals surface area contributed by atoms with E-state index in [9.17, 15) is 27.6 Å². The van der Waals surface area contributed by atoms with Gasteiger partial charge in [-0.2, -0.15) is 23.4 Å². The highest BCUT2D eigenvalue weighted by molar-refractivity contribution is 5.92. The number of carboxylic acid groups (broad SMARTS) is 1. The van der Waals surface area contributed by atoms with Crippen LogP contribution in [0.3, 0.4) is 0 Å². The third-order valence-electron chi connectivity index (χ3n) is 3.95. The van der Waals surface area contributed by atoms with Crippen LogP contribution in [0.2, 0.25) is 0 Å². The molecular formula is C16H19F3N6O4. The second kappa shape index (κ2) is 8.75. The molecule has 3 N–H and O–H groups in total. The van der Waals surface area contributed by atoms with Gasteiger partial charge >= 0.3 is 12.1 Å². The molecule has 0 spiro atoms. The van der Waals surface area contributed by atoms with Gasteiger partial charge in [-0.15, -0.1) is 0 Å². The molecule has 2 amide bonds. The Balaban J connectivity index is 1.89. The van der Waals surface area contributed by atoms with Crippen molar-refractivity contribution in [2.24, 2.45) is 0 Å². The average molecular weight is 416 g/mol. The highest BCUT2D eigenvalue weighted by Gasteiger charge is 2.35. The Morgan fingerprint density at radius 1 is 1.21 bits per heavy atom. The molecular weight excluding hydrogens is 397 g/mol. The Morgan fingerprint density at radius 3 is 2.45 bits per heavy atom. The molecule has 0 aliphatic carbocycles. The highest BCUT2D eigenvalue weighted by Crippen LogP contribution is 2.28. The van der Waals surface area contributed by atoms with Crippen LogP contribution in [0.15, 0.2) is 18.3 Å². The van der Waals surface area contributed by atoms with E-state index in [-0.39, 0.29) is 31.0 Å². The van der Waals surface area contributed by atoms with Gasteiger partial charge in [0.15, 0.2) is 5.69 Å². The zero-order valence-corrected chi connectivity index (χ0v) is 15.5. The standard InChI is InChI=1S/C16H19F3N6O4/c1-3-24-11(8-12(23-24)16(17,18)19)14(27)21-7-6-20-13(26)9(2)25-10(15(28)29)4-5-22-25/h4-5,8-9H,3,6-7H2,1-2H3,(H,20,26)(H,21,27)(H,28,29). The first-order valence-electron chi connectivity index (χ1n) is 8.54. The fourth-order valence-electron chi connectivity index (χ4n) is 2.48. The molecule has 0 radical (unpaired) electrons. The number of carbonyl (C=O) groups excluding carboxylic acids is 2. The quantitative estimate of drug-likeness (QED) is 0.549. The molecule has 10 nitrogen and oxygen atoms in total. The second-order valence-corrected chi connectivity index (χ2v) is 5.92. The van der Waals surface area contributed by atoms with Crippen molar-refractivity contribution in [2.75, 3.05) is 13.1 Å². The van der Waals surface area contributed by atoms with E-state index in [1.54, 1.807) is 6.92 Å². The minimum absolute atomic E-state index is 0.0228. The van der Waals surface area contributed by atoms with Crippen LogP contribution in [0.25, 0.3) is 0 Å². The van der Waals surface area contributed by atoms with Gasteiger partial charge in [0.25, 0.3) is 5.91 Å². The van der Waals surface area contributed by atoms with E-state index < -0.39 is 35.7 Å². The molecule has 158 valence electrons. The number of aryl methyl sites for hydroxylation is 1. The largest absolute Gasteiger partial charge is 0.477 e. The Morgan fingerprint density at radius 2 is 1.86 bits per heavy atom. The number of nitrogens with one attached hydrogen (secondary N) is 2. The highest BCUT2D eigenvalue weighted by atomic mass is 19.4. The summed E-state index contributed by atoms with van der Waals surface area (Å²) in [6.07, 6.45) is -3.42. The number of aromatic nitrogens is 4. The van der Waals surface area contributed by atoms with E-state index >= 15 is 0 Å². The van der Waals surface area contributed by atoms with E-state index in [1.165, 1.54) is 19.2 Å². The summed E-state index contributed by atoms with van der Waals surface area (Å²) in [6, 6.07) is 0.992. The number of aromatic carboxylic acids is 1. The summed E-state index contributed by atoms with van der Waals surface area (Å²) in [4.78, 5) is 35.3. The smallest absolute Gasteiger partial charge is 0.435 e. The zero-order valence-electron chi connectivity index (χ0n) is 15.5. The van der Waals surface area contributed by atoms with Crippen molar-refractivity contribution in [3.63, 3.8) is 0 Å². The number of hydrogen-bond donors (Lipinski definition) is 3. The monoisotopic (exact) mass is 416 g/mol. The van der Waals surface area contributed by atoms with Crippen LogP contribution in [-0.4, -0.2) is 55.5 Å². The number of amides is 2. The van der Waals surface area contributed by atoms with Gasteiger partial charge in [0.2, 0.25) is 5.91 Å². The Bertz CT molecular complexity index is 905. The summed E-state index contributed by atoms with van der Waals surface area (Å²) >= 11 is 0. The molecule has 0 saturated heterocycles. The molecule has 0 fully saturated rings. The predicted octanol–water partition coefficient (Wildman–Crippen LogP) is 0.924. The fraction of sp³-hybridized carbons (Fsp3) is 0.438. The molecule has 0 aliphatic rings. The van der Waals surface area contributed by atoms with Gasteiger partial charge in [-0.1, -0.05) is 0 Å². The average Bonchev–Trinajstić information content (AvgIpc) is 3.30. The molecule has 0 aliphatic heterocycles. The number of halogens is 3. The second-order valence-electron chi connectivity index (χ2n) is 5.92. The minimum atomic E-state index is -4.67. The maximum absolute atomic E-state index is 12.7. The fourth-order valence-corrected chi connectivity index (χ4v) is 2.48. The molecule has 2 aromatic heterocycles. The molecule has 2 heterocycles. The summed E-state index contributed by atoms with van der Waals surface area (Å²) in [5.74, 6) is -2.54. The van der Waals surface area contributed by atoms with Gasteiger partial charge in [-0.25, -0.2) is 9.48 Å². The van der Waals surface area contributed by atoms with Crippen LogP contribution in [0.1, 0.15) is 46.6 Å². The van der Waals surface area contributed by atoms with Gasteiger partial charge < -0.3 is 15.7 Å². The van der Waals surface area contributed by atoms with E-state index in [2.05, 4.69) is 20.8 Å². The van der Waals surface area contributed by atoms with Crippen LogP contribution >= 0.6 is 0 Å². The van der Waals surface area contributed by atoms with Gasteiger partial charge in [0.05, 0.1) is 0 Å². The zero-order chi connectivity index (χ0) is 21.8. The molecule has 0 saturated carbocycles. The molecule has 1 unspecified atom stereocenters. The van der Waals surface area contributed by atoms with Crippen molar-refractivity contribution in [2.45, 2.75) is 32.6 Å².